The molecule has 6 heteroatoms. The molecule has 0 radical (unpaired) electrons. The summed E-state index contributed by atoms with van der Waals surface area (Å²) in [5.74, 6) is 3.55. The summed E-state index contributed by atoms with van der Waals surface area (Å²) in [7, 11) is 0. The highest BCUT2D eigenvalue weighted by Gasteiger charge is 2.60. The van der Waals surface area contributed by atoms with E-state index < -0.39 is 30.0 Å². The van der Waals surface area contributed by atoms with Gasteiger partial charge in [-0.25, -0.2) is 0 Å². The van der Waals surface area contributed by atoms with Crippen molar-refractivity contribution in [1.29, 1.82) is 0 Å². The topological polar surface area (TPSA) is 88.4 Å². The van der Waals surface area contributed by atoms with Gasteiger partial charge in [0.1, 0.15) is 36.3 Å². The fourth-order valence-electron chi connectivity index (χ4n) is 4.65. The molecule has 0 aromatic heterocycles. The Labute approximate surface area is 187 Å². The molecule has 32 heavy (non-hydrogen) atoms. The van der Waals surface area contributed by atoms with E-state index in [1.165, 1.54) is 0 Å². The lowest BCUT2D eigenvalue weighted by molar-refractivity contribution is -0.236. The van der Waals surface area contributed by atoms with E-state index in [1.54, 1.807) is 0 Å². The normalized spacial score (nSPS) is 30.8. The third-order valence-corrected chi connectivity index (χ3v) is 6.75. The summed E-state index contributed by atoms with van der Waals surface area (Å²) in [5, 5.41) is 31.2. The predicted molar refractivity (Wildman–Crippen MR) is 117 cm³/mol. The van der Waals surface area contributed by atoms with E-state index in [0.29, 0.717) is 25.9 Å². The minimum absolute atomic E-state index is 0.108. The van der Waals surface area contributed by atoms with Crippen molar-refractivity contribution >= 4 is 0 Å². The number of aliphatic hydroxyl groups is 3. The van der Waals surface area contributed by atoms with Crippen LogP contribution in [0.3, 0.4) is 0 Å². The Kier molecular flexibility index (Phi) is 5.70. The van der Waals surface area contributed by atoms with Crippen molar-refractivity contribution in [2.75, 3.05) is 13.2 Å². The van der Waals surface area contributed by atoms with Gasteiger partial charge in [-0.2, -0.15) is 0 Å². The van der Waals surface area contributed by atoms with E-state index in [4.69, 9.17) is 20.6 Å². The summed E-state index contributed by atoms with van der Waals surface area (Å²) in [5.41, 5.74) is 2.76. The van der Waals surface area contributed by atoms with E-state index in [2.05, 4.69) is 5.92 Å². The van der Waals surface area contributed by atoms with Gasteiger partial charge in [0, 0.05) is 12.0 Å². The van der Waals surface area contributed by atoms with Gasteiger partial charge in [0.05, 0.1) is 18.8 Å². The quantitative estimate of drug-likeness (QED) is 0.623. The number of hydrogen-bond acceptors (Lipinski definition) is 6. The number of terminal acetylenes is 1. The molecule has 2 saturated heterocycles. The zero-order valence-corrected chi connectivity index (χ0v) is 17.8. The Hall–Kier alpha value is -2.40. The van der Waals surface area contributed by atoms with Crippen LogP contribution in [0.2, 0.25) is 0 Å². The number of aliphatic hydroxyl groups excluding tert-OH is 3. The highest BCUT2D eigenvalue weighted by molar-refractivity contribution is 5.46. The molecule has 2 aliphatic heterocycles. The first-order chi connectivity index (χ1) is 15.5. The lowest BCUT2D eigenvalue weighted by Gasteiger charge is -2.41. The van der Waals surface area contributed by atoms with Crippen molar-refractivity contribution in [1.82, 2.24) is 0 Å². The van der Waals surface area contributed by atoms with Gasteiger partial charge in [0.25, 0.3) is 0 Å². The second kappa shape index (κ2) is 8.51. The van der Waals surface area contributed by atoms with Crippen LogP contribution >= 0.6 is 0 Å². The molecular weight excluding hydrogens is 408 g/mol. The lowest BCUT2D eigenvalue weighted by atomic mass is 9.88. The first-order valence-corrected chi connectivity index (χ1v) is 11.1. The van der Waals surface area contributed by atoms with Gasteiger partial charge < -0.3 is 29.5 Å². The van der Waals surface area contributed by atoms with Gasteiger partial charge in [-0.05, 0) is 54.2 Å². The average Bonchev–Trinajstić information content (AvgIpc) is 3.41. The number of ether oxygens (including phenoxy) is 3. The van der Waals surface area contributed by atoms with Gasteiger partial charge in [0.2, 0.25) is 0 Å². The Bertz CT molecular complexity index is 1000. The highest BCUT2D eigenvalue weighted by atomic mass is 16.6. The lowest BCUT2D eigenvalue weighted by Crippen LogP contribution is -2.55. The first-order valence-electron chi connectivity index (χ1n) is 11.1. The van der Waals surface area contributed by atoms with Crippen LogP contribution in [-0.4, -0.2) is 58.6 Å². The fourth-order valence-corrected chi connectivity index (χ4v) is 4.65. The van der Waals surface area contributed by atoms with Crippen LogP contribution in [0.25, 0.3) is 0 Å². The Morgan fingerprint density at radius 2 is 1.84 bits per heavy atom. The molecule has 0 amide bonds. The van der Waals surface area contributed by atoms with Crippen molar-refractivity contribution in [2.24, 2.45) is 0 Å². The molecule has 2 heterocycles. The second-order valence-electron chi connectivity index (χ2n) is 9.01. The van der Waals surface area contributed by atoms with Crippen molar-refractivity contribution in [3.63, 3.8) is 0 Å². The summed E-state index contributed by atoms with van der Waals surface area (Å²) >= 11 is 0. The van der Waals surface area contributed by atoms with Crippen LogP contribution < -0.4 is 4.74 Å². The third-order valence-electron chi connectivity index (χ3n) is 6.75. The van der Waals surface area contributed by atoms with E-state index in [0.717, 1.165) is 41.0 Å². The number of benzene rings is 2. The van der Waals surface area contributed by atoms with Gasteiger partial charge in [0.15, 0.2) is 0 Å². The maximum atomic E-state index is 10.6. The average molecular weight is 437 g/mol. The van der Waals surface area contributed by atoms with E-state index in [9.17, 15) is 15.3 Å². The molecule has 2 aromatic rings. The first kappa shape index (κ1) is 21.4. The molecule has 5 atom stereocenters. The van der Waals surface area contributed by atoms with Gasteiger partial charge in [-0.1, -0.05) is 30.2 Å². The monoisotopic (exact) mass is 436 g/mol. The number of hydrogen-bond donors (Lipinski definition) is 3. The molecule has 1 saturated carbocycles. The summed E-state index contributed by atoms with van der Waals surface area (Å²) in [6.45, 7) is 1.37. The highest BCUT2D eigenvalue weighted by Crippen LogP contribution is 2.51. The minimum Gasteiger partial charge on any atom is -0.488 e. The zero-order chi connectivity index (χ0) is 22.3. The maximum Gasteiger partial charge on any atom is 0.124 e. The maximum absolute atomic E-state index is 10.6. The SMILES string of the molecule is C#Cc1ccc([C@@H]2OC3(CC3)[C@@H](O)[C@H](O)[C@H]2O)cc1Cc1ccc(OC2CCOC2)cc1. The van der Waals surface area contributed by atoms with Gasteiger partial charge in [-0.3, -0.25) is 0 Å². The largest absolute Gasteiger partial charge is 0.488 e. The van der Waals surface area contributed by atoms with Crippen molar-refractivity contribution in [3.05, 3.63) is 64.7 Å². The minimum atomic E-state index is -1.25. The summed E-state index contributed by atoms with van der Waals surface area (Å²) in [6.07, 6.45) is 4.45. The molecule has 1 aliphatic carbocycles. The van der Waals surface area contributed by atoms with Crippen LogP contribution in [0.15, 0.2) is 42.5 Å². The zero-order valence-electron chi connectivity index (χ0n) is 17.8. The standard InChI is InChI=1S/C26H28O6/c1-2-17-5-6-18(24-22(27)23(28)25(29)26(32-24)10-11-26)14-19(17)13-16-3-7-20(8-4-16)31-21-9-12-30-15-21/h1,3-8,14,21-25,27-29H,9-13,15H2/t21?,22-,23-,24+,25+/m1/s1. The molecule has 3 aliphatic rings. The van der Waals surface area contributed by atoms with Crippen LogP contribution in [-0.2, 0) is 15.9 Å². The van der Waals surface area contributed by atoms with E-state index >= 15 is 0 Å². The fraction of sp³-hybridized carbons (Fsp3) is 0.462. The Balaban J connectivity index is 1.35. The van der Waals surface area contributed by atoms with Crippen LogP contribution in [0, 0.1) is 12.3 Å². The summed E-state index contributed by atoms with van der Waals surface area (Å²) in [6, 6.07) is 13.5. The molecule has 1 spiro atoms. The third kappa shape index (κ3) is 4.03. The molecule has 0 bridgehead atoms. The Morgan fingerprint density at radius 1 is 1.06 bits per heavy atom. The molecular formula is C26H28O6. The second-order valence-corrected chi connectivity index (χ2v) is 9.01. The molecule has 6 nitrogen and oxygen atoms in total. The van der Waals surface area contributed by atoms with Crippen LogP contribution in [0.5, 0.6) is 5.75 Å². The molecule has 5 rings (SSSR count). The van der Waals surface area contributed by atoms with Crippen molar-refractivity contribution in [2.45, 2.75) is 61.8 Å². The molecule has 1 unspecified atom stereocenters. The summed E-state index contributed by atoms with van der Waals surface area (Å²) in [4.78, 5) is 0. The number of rotatable bonds is 5. The van der Waals surface area contributed by atoms with E-state index in [-0.39, 0.29) is 6.10 Å². The molecule has 168 valence electrons. The van der Waals surface area contributed by atoms with Crippen molar-refractivity contribution < 1.29 is 29.5 Å². The molecule has 2 aromatic carbocycles. The van der Waals surface area contributed by atoms with Crippen LogP contribution in [0.4, 0.5) is 0 Å². The van der Waals surface area contributed by atoms with Gasteiger partial charge in [-0.15, -0.1) is 6.42 Å². The molecule has 3 fully saturated rings. The van der Waals surface area contributed by atoms with Crippen LogP contribution in [0.1, 0.15) is 47.6 Å². The smallest absolute Gasteiger partial charge is 0.124 e. The predicted octanol–water partition coefficient (Wildman–Crippen LogP) is 2.11. The van der Waals surface area contributed by atoms with Gasteiger partial charge >= 0.3 is 0 Å². The van der Waals surface area contributed by atoms with E-state index in [1.807, 2.05) is 42.5 Å². The summed E-state index contributed by atoms with van der Waals surface area (Å²) < 4.78 is 17.4. The Morgan fingerprint density at radius 3 is 2.50 bits per heavy atom. The molecule has 3 N–H and O–H groups in total. The van der Waals surface area contributed by atoms with Crippen molar-refractivity contribution in [3.8, 4) is 18.1 Å².